The number of benzene rings is 2. The summed E-state index contributed by atoms with van der Waals surface area (Å²) in [5, 5.41) is 5.79. The summed E-state index contributed by atoms with van der Waals surface area (Å²) in [4.78, 5) is 25.4. The molecule has 0 aliphatic rings. The Morgan fingerprint density at radius 3 is 2.32 bits per heavy atom. The van der Waals surface area contributed by atoms with Crippen molar-refractivity contribution in [3.63, 3.8) is 0 Å². The Kier molecular flexibility index (Phi) is 7.21. The van der Waals surface area contributed by atoms with Crippen molar-refractivity contribution in [1.82, 2.24) is 5.32 Å². The summed E-state index contributed by atoms with van der Waals surface area (Å²) in [6.07, 6.45) is 0.629. The van der Waals surface area contributed by atoms with Gasteiger partial charge in [-0.1, -0.05) is 50.2 Å². The summed E-state index contributed by atoms with van der Waals surface area (Å²) < 4.78 is 5.33. The smallest absolute Gasteiger partial charge is 0.239 e. The van der Waals surface area contributed by atoms with Gasteiger partial charge in [0.25, 0.3) is 0 Å². The normalized spacial score (nSPS) is 11.2. The maximum absolute atomic E-state index is 12.8. The summed E-state index contributed by atoms with van der Waals surface area (Å²) in [6, 6.07) is 15.4. The molecule has 0 saturated carbocycles. The van der Waals surface area contributed by atoms with Gasteiger partial charge in [-0.05, 0) is 49.4 Å². The van der Waals surface area contributed by atoms with Crippen LogP contribution in [0.25, 0.3) is 0 Å². The molecule has 0 aromatic heterocycles. The van der Waals surface area contributed by atoms with Crippen LogP contribution in [0.2, 0.25) is 0 Å². The van der Waals surface area contributed by atoms with Gasteiger partial charge < -0.3 is 15.4 Å². The molecule has 2 aromatic rings. The van der Waals surface area contributed by atoms with Crippen molar-refractivity contribution >= 4 is 17.5 Å². The molecule has 2 rings (SSSR count). The van der Waals surface area contributed by atoms with Crippen LogP contribution in [0.4, 0.5) is 5.69 Å². The number of para-hydroxylation sites is 2. The van der Waals surface area contributed by atoms with Crippen molar-refractivity contribution in [2.75, 3.05) is 19.0 Å². The largest absolute Gasteiger partial charge is 0.496 e. The van der Waals surface area contributed by atoms with E-state index in [-0.39, 0.29) is 17.7 Å². The number of methoxy groups -OCH3 is 1. The average molecular weight is 383 g/mol. The predicted octanol–water partition coefficient (Wildman–Crippen LogP) is 4.14. The van der Waals surface area contributed by atoms with Gasteiger partial charge in [0.15, 0.2) is 0 Å². The van der Waals surface area contributed by atoms with Crippen LogP contribution in [0.15, 0.2) is 48.5 Å². The fourth-order valence-electron chi connectivity index (χ4n) is 2.94. The van der Waals surface area contributed by atoms with Gasteiger partial charge in [-0.25, -0.2) is 0 Å². The van der Waals surface area contributed by atoms with Gasteiger partial charge in [0, 0.05) is 12.2 Å². The number of hydrogen-bond donors (Lipinski definition) is 2. The lowest BCUT2D eigenvalue weighted by Gasteiger charge is -2.24. The minimum absolute atomic E-state index is 0.272. The Bertz CT molecular complexity index is 828. The molecule has 0 aliphatic heterocycles. The Hall–Kier alpha value is -2.82. The molecule has 0 fully saturated rings. The zero-order valence-electron chi connectivity index (χ0n) is 17.3. The van der Waals surface area contributed by atoms with Crippen molar-refractivity contribution in [1.29, 1.82) is 0 Å². The molecule has 0 saturated heterocycles. The van der Waals surface area contributed by atoms with Gasteiger partial charge in [0.1, 0.15) is 11.2 Å². The van der Waals surface area contributed by atoms with Gasteiger partial charge in [0.2, 0.25) is 11.8 Å². The van der Waals surface area contributed by atoms with Crippen molar-refractivity contribution in [2.24, 2.45) is 5.41 Å². The molecule has 2 N–H and O–H groups in total. The predicted molar refractivity (Wildman–Crippen MR) is 113 cm³/mol. The molecule has 0 radical (unpaired) electrons. The van der Waals surface area contributed by atoms with Crippen LogP contribution in [0.3, 0.4) is 0 Å². The van der Waals surface area contributed by atoms with E-state index in [9.17, 15) is 9.59 Å². The highest BCUT2D eigenvalue weighted by molar-refractivity contribution is 6.10. The fourth-order valence-corrected chi connectivity index (χ4v) is 2.94. The van der Waals surface area contributed by atoms with Crippen LogP contribution in [-0.2, 0) is 16.0 Å². The van der Waals surface area contributed by atoms with Crippen molar-refractivity contribution in [3.05, 3.63) is 59.7 Å². The van der Waals surface area contributed by atoms with Crippen LogP contribution in [0, 0.1) is 5.41 Å². The average Bonchev–Trinajstić information content (AvgIpc) is 2.68. The molecule has 0 heterocycles. The molecule has 0 bridgehead atoms. The van der Waals surface area contributed by atoms with Gasteiger partial charge in [-0.2, -0.15) is 0 Å². The Balaban J connectivity index is 1.99. The second-order valence-corrected chi connectivity index (χ2v) is 7.64. The number of carbonyl (C=O) groups excluding carboxylic acids is 2. The highest BCUT2D eigenvalue weighted by Gasteiger charge is 2.36. The SMILES string of the molecule is COc1ccccc1CCNC(=O)C(C)(C)C(=O)Nc1ccccc1C(C)C. The van der Waals surface area contributed by atoms with E-state index in [0.29, 0.717) is 13.0 Å². The summed E-state index contributed by atoms with van der Waals surface area (Å²) in [7, 11) is 1.62. The molecule has 5 nitrogen and oxygen atoms in total. The van der Waals surface area contributed by atoms with Crippen LogP contribution in [0.5, 0.6) is 5.75 Å². The lowest BCUT2D eigenvalue weighted by molar-refractivity contribution is -0.138. The standard InChI is InChI=1S/C23H30N2O3/c1-16(2)18-11-7-8-12-19(18)25-22(27)23(3,4)21(26)24-15-14-17-10-6-9-13-20(17)28-5/h6-13,16H,14-15H2,1-5H3,(H,24,26)(H,25,27). The first-order valence-electron chi connectivity index (χ1n) is 9.58. The first-order chi connectivity index (χ1) is 13.3. The summed E-state index contributed by atoms with van der Waals surface area (Å²) >= 11 is 0. The number of ether oxygens (including phenoxy) is 1. The van der Waals surface area contributed by atoms with E-state index in [4.69, 9.17) is 4.74 Å². The zero-order valence-corrected chi connectivity index (χ0v) is 17.3. The van der Waals surface area contributed by atoms with E-state index in [1.165, 1.54) is 0 Å². The monoisotopic (exact) mass is 382 g/mol. The summed E-state index contributed by atoms with van der Waals surface area (Å²) in [5.41, 5.74) is 1.62. The quantitative estimate of drug-likeness (QED) is 0.674. The number of rotatable bonds is 8. The van der Waals surface area contributed by atoms with Gasteiger partial charge in [-0.15, -0.1) is 0 Å². The van der Waals surface area contributed by atoms with E-state index in [2.05, 4.69) is 24.5 Å². The molecule has 0 aliphatic carbocycles. The van der Waals surface area contributed by atoms with E-state index < -0.39 is 5.41 Å². The van der Waals surface area contributed by atoms with Crippen LogP contribution < -0.4 is 15.4 Å². The van der Waals surface area contributed by atoms with E-state index in [1.54, 1.807) is 21.0 Å². The Morgan fingerprint density at radius 1 is 1.00 bits per heavy atom. The summed E-state index contributed by atoms with van der Waals surface area (Å²) in [6.45, 7) is 7.84. The Labute approximate surface area is 167 Å². The number of nitrogens with one attached hydrogen (secondary N) is 2. The second kappa shape index (κ2) is 9.40. The number of carbonyl (C=O) groups is 2. The minimum Gasteiger partial charge on any atom is -0.496 e. The molecule has 5 heteroatoms. The number of hydrogen-bond acceptors (Lipinski definition) is 3. The van der Waals surface area contributed by atoms with Crippen molar-refractivity contribution < 1.29 is 14.3 Å². The van der Waals surface area contributed by atoms with Crippen molar-refractivity contribution in [3.8, 4) is 5.75 Å². The fraction of sp³-hybridized carbons (Fsp3) is 0.391. The highest BCUT2D eigenvalue weighted by atomic mass is 16.5. The van der Waals surface area contributed by atoms with Gasteiger partial charge in [-0.3, -0.25) is 9.59 Å². The molecule has 0 unspecified atom stereocenters. The highest BCUT2D eigenvalue weighted by Crippen LogP contribution is 2.26. The Morgan fingerprint density at radius 2 is 1.64 bits per heavy atom. The second-order valence-electron chi connectivity index (χ2n) is 7.64. The first-order valence-corrected chi connectivity index (χ1v) is 9.58. The lowest BCUT2D eigenvalue weighted by Crippen LogP contribution is -2.45. The van der Waals surface area contributed by atoms with Crippen molar-refractivity contribution in [2.45, 2.75) is 40.0 Å². The number of anilines is 1. The van der Waals surface area contributed by atoms with E-state index >= 15 is 0 Å². The maximum atomic E-state index is 12.8. The van der Waals surface area contributed by atoms with Crippen LogP contribution >= 0.6 is 0 Å². The van der Waals surface area contributed by atoms with Crippen LogP contribution in [0.1, 0.15) is 44.7 Å². The minimum atomic E-state index is -1.19. The third-order valence-corrected chi connectivity index (χ3v) is 4.84. The molecular weight excluding hydrogens is 352 g/mol. The molecule has 2 aromatic carbocycles. The third-order valence-electron chi connectivity index (χ3n) is 4.84. The zero-order chi connectivity index (χ0) is 20.7. The molecule has 2 amide bonds. The lowest BCUT2D eigenvalue weighted by atomic mass is 9.90. The number of amides is 2. The molecule has 28 heavy (non-hydrogen) atoms. The molecule has 0 atom stereocenters. The molecule has 0 spiro atoms. The maximum Gasteiger partial charge on any atom is 0.239 e. The van der Waals surface area contributed by atoms with E-state index in [1.807, 2.05) is 48.5 Å². The topological polar surface area (TPSA) is 67.4 Å². The molecular formula is C23H30N2O3. The third kappa shape index (κ3) is 5.12. The first kappa shape index (κ1) is 21.5. The molecule has 150 valence electrons. The summed E-state index contributed by atoms with van der Waals surface area (Å²) in [5.74, 6) is 0.436. The van der Waals surface area contributed by atoms with Crippen LogP contribution in [-0.4, -0.2) is 25.5 Å². The van der Waals surface area contributed by atoms with Gasteiger partial charge in [0.05, 0.1) is 7.11 Å². The van der Waals surface area contributed by atoms with Gasteiger partial charge >= 0.3 is 0 Å². The van der Waals surface area contributed by atoms with E-state index in [0.717, 1.165) is 22.6 Å².